The molecule has 6 heteroatoms. The van der Waals surface area contributed by atoms with Crippen molar-refractivity contribution >= 4 is 17.3 Å². The summed E-state index contributed by atoms with van der Waals surface area (Å²) < 4.78 is 22.3. The van der Waals surface area contributed by atoms with Crippen LogP contribution >= 0.6 is 0 Å². The second kappa shape index (κ2) is 8.57. The lowest BCUT2D eigenvalue weighted by Crippen LogP contribution is -2.36. The summed E-state index contributed by atoms with van der Waals surface area (Å²) in [6.45, 7) is 6.64. The number of nitrogens with zero attached hydrogens (tertiary/aromatic N) is 2. The molecule has 0 radical (unpaired) electrons. The largest absolute Gasteiger partial charge is 0.378 e. The molecule has 1 N–H and O–H groups in total. The van der Waals surface area contributed by atoms with Gasteiger partial charge in [0, 0.05) is 36.2 Å². The fraction of sp³-hybridized carbons (Fsp3) is 0.522. The van der Waals surface area contributed by atoms with E-state index in [1.807, 2.05) is 17.9 Å². The van der Waals surface area contributed by atoms with Gasteiger partial charge in [0.05, 0.1) is 24.5 Å². The average molecular weight is 400 g/mol. The van der Waals surface area contributed by atoms with E-state index in [2.05, 4.69) is 16.8 Å². The Morgan fingerprint density at radius 3 is 2.52 bits per heavy atom. The summed E-state index contributed by atoms with van der Waals surface area (Å²) in [6.07, 6.45) is 6.14. The van der Waals surface area contributed by atoms with Crippen LogP contribution in [0.4, 0.5) is 15.8 Å². The maximum absolute atomic E-state index is 14.6. The molecule has 156 valence electrons. The number of rotatable bonds is 4. The Balaban J connectivity index is 1.50. The highest BCUT2D eigenvalue weighted by atomic mass is 19.1. The molecule has 1 aliphatic carbocycles. The van der Waals surface area contributed by atoms with Crippen molar-refractivity contribution in [3.05, 3.63) is 47.0 Å². The number of ether oxygens (including phenoxy) is 1. The van der Waals surface area contributed by atoms with E-state index in [0.717, 1.165) is 11.4 Å². The van der Waals surface area contributed by atoms with Gasteiger partial charge in [0.25, 0.3) is 5.91 Å². The average Bonchev–Trinajstić information content (AvgIpc) is 3.03. The number of carbonyl (C=O) groups excluding carboxylic acids is 1. The topological polar surface area (TPSA) is 46.5 Å². The van der Waals surface area contributed by atoms with Crippen LogP contribution in [-0.2, 0) is 4.74 Å². The monoisotopic (exact) mass is 399 g/mol. The molecule has 2 aromatic rings. The summed E-state index contributed by atoms with van der Waals surface area (Å²) in [5.74, 6) is -0.504. The molecule has 2 aliphatic rings. The number of hydrogen-bond acceptors (Lipinski definition) is 3. The van der Waals surface area contributed by atoms with Crippen molar-refractivity contribution < 1.29 is 13.9 Å². The normalized spacial score (nSPS) is 18.1. The Morgan fingerprint density at radius 1 is 1.10 bits per heavy atom. The van der Waals surface area contributed by atoms with Crippen LogP contribution in [0.1, 0.15) is 59.9 Å². The number of halogens is 1. The zero-order valence-electron chi connectivity index (χ0n) is 17.3. The fourth-order valence-corrected chi connectivity index (χ4v) is 4.75. The Labute approximate surface area is 171 Å². The van der Waals surface area contributed by atoms with Crippen molar-refractivity contribution in [3.8, 4) is 0 Å². The summed E-state index contributed by atoms with van der Waals surface area (Å²) in [5, 5.41) is 2.88. The van der Waals surface area contributed by atoms with E-state index < -0.39 is 0 Å². The van der Waals surface area contributed by atoms with Crippen LogP contribution in [0.3, 0.4) is 0 Å². The molecule has 1 aliphatic heterocycles. The molecular formula is C23H30FN3O2. The number of aromatic nitrogens is 1. The lowest BCUT2D eigenvalue weighted by molar-refractivity contribution is 0.102. The summed E-state index contributed by atoms with van der Waals surface area (Å²) >= 11 is 0. The smallest absolute Gasteiger partial charge is 0.257 e. The molecule has 2 fully saturated rings. The van der Waals surface area contributed by atoms with E-state index in [0.29, 0.717) is 49.3 Å². The summed E-state index contributed by atoms with van der Waals surface area (Å²) in [7, 11) is 0. The number of morpholine rings is 1. The highest BCUT2D eigenvalue weighted by Crippen LogP contribution is 2.32. The van der Waals surface area contributed by atoms with Gasteiger partial charge < -0.3 is 19.5 Å². The minimum absolute atomic E-state index is 0.182. The SMILES string of the molecule is Cc1cc(C(=O)Nc2ccc(N3CCOCC3)c(F)c2)c(C)n1C1CCCCC1. The molecule has 0 spiro atoms. The molecule has 29 heavy (non-hydrogen) atoms. The fourth-order valence-electron chi connectivity index (χ4n) is 4.75. The van der Waals surface area contributed by atoms with Crippen molar-refractivity contribution in [1.82, 2.24) is 4.57 Å². The van der Waals surface area contributed by atoms with Crippen LogP contribution < -0.4 is 10.2 Å². The zero-order chi connectivity index (χ0) is 20.4. The molecule has 1 aromatic carbocycles. The maximum Gasteiger partial charge on any atom is 0.257 e. The lowest BCUT2D eigenvalue weighted by atomic mass is 9.95. The van der Waals surface area contributed by atoms with Gasteiger partial charge in [-0.15, -0.1) is 0 Å². The first-order valence-corrected chi connectivity index (χ1v) is 10.7. The van der Waals surface area contributed by atoms with Crippen LogP contribution in [0.5, 0.6) is 0 Å². The Kier molecular flexibility index (Phi) is 5.90. The number of hydrogen-bond donors (Lipinski definition) is 1. The third-order valence-corrected chi connectivity index (χ3v) is 6.23. The van der Waals surface area contributed by atoms with E-state index in [-0.39, 0.29) is 11.7 Å². The predicted molar refractivity (Wildman–Crippen MR) is 113 cm³/mol. The van der Waals surface area contributed by atoms with Gasteiger partial charge in [0.15, 0.2) is 0 Å². The Bertz CT molecular complexity index is 880. The van der Waals surface area contributed by atoms with Crippen molar-refractivity contribution in [2.45, 2.75) is 52.0 Å². The number of nitrogens with one attached hydrogen (secondary N) is 1. The molecule has 5 nitrogen and oxygen atoms in total. The second-order valence-electron chi connectivity index (χ2n) is 8.17. The molecule has 1 amide bonds. The minimum atomic E-state index is -0.322. The third kappa shape index (κ3) is 4.17. The zero-order valence-corrected chi connectivity index (χ0v) is 17.3. The van der Waals surface area contributed by atoms with Crippen LogP contribution in [0.2, 0.25) is 0 Å². The highest BCUT2D eigenvalue weighted by Gasteiger charge is 2.23. The molecule has 1 saturated heterocycles. The lowest BCUT2D eigenvalue weighted by Gasteiger charge is -2.29. The van der Waals surface area contributed by atoms with Crippen LogP contribution in [-0.4, -0.2) is 36.8 Å². The molecule has 1 aromatic heterocycles. The quantitative estimate of drug-likeness (QED) is 0.800. The second-order valence-corrected chi connectivity index (χ2v) is 8.17. The van der Waals surface area contributed by atoms with E-state index in [1.165, 1.54) is 38.2 Å². The molecular weight excluding hydrogens is 369 g/mol. The first kappa shape index (κ1) is 20.0. The number of aryl methyl sites for hydroxylation is 1. The summed E-state index contributed by atoms with van der Waals surface area (Å²) in [6, 6.07) is 7.35. The van der Waals surface area contributed by atoms with Crippen LogP contribution in [0.25, 0.3) is 0 Å². The number of anilines is 2. The van der Waals surface area contributed by atoms with E-state index in [1.54, 1.807) is 12.1 Å². The number of amides is 1. The molecule has 0 bridgehead atoms. The van der Waals surface area contributed by atoms with Crippen LogP contribution in [0, 0.1) is 19.7 Å². The first-order valence-electron chi connectivity index (χ1n) is 10.7. The van der Waals surface area contributed by atoms with E-state index in [4.69, 9.17) is 4.74 Å². The van der Waals surface area contributed by atoms with Gasteiger partial charge in [-0.25, -0.2) is 4.39 Å². The van der Waals surface area contributed by atoms with Crippen molar-refractivity contribution in [2.24, 2.45) is 0 Å². The van der Waals surface area contributed by atoms with Crippen LogP contribution in [0.15, 0.2) is 24.3 Å². The minimum Gasteiger partial charge on any atom is -0.378 e. The highest BCUT2D eigenvalue weighted by molar-refractivity contribution is 6.05. The van der Waals surface area contributed by atoms with E-state index >= 15 is 0 Å². The molecule has 4 rings (SSSR count). The van der Waals surface area contributed by atoms with Gasteiger partial charge in [0.2, 0.25) is 0 Å². The standard InChI is InChI=1S/C23H30FN3O2/c1-16-14-20(17(2)27(16)19-6-4-3-5-7-19)23(28)25-18-8-9-22(21(24)15-18)26-10-12-29-13-11-26/h8-9,14-15,19H,3-7,10-13H2,1-2H3,(H,25,28). The van der Waals surface area contributed by atoms with Gasteiger partial charge in [0.1, 0.15) is 5.82 Å². The molecule has 0 atom stereocenters. The van der Waals surface area contributed by atoms with Crippen molar-refractivity contribution in [2.75, 3.05) is 36.5 Å². The Hall–Kier alpha value is -2.34. The van der Waals surface area contributed by atoms with Gasteiger partial charge in [-0.3, -0.25) is 4.79 Å². The molecule has 0 unspecified atom stereocenters. The predicted octanol–water partition coefficient (Wildman–Crippen LogP) is 4.84. The number of carbonyl (C=O) groups is 1. The Morgan fingerprint density at radius 2 is 1.83 bits per heavy atom. The molecule has 2 heterocycles. The molecule has 1 saturated carbocycles. The van der Waals surface area contributed by atoms with Gasteiger partial charge in [-0.05, 0) is 51.0 Å². The van der Waals surface area contributed by atoms with Crippen molar-refractivity contribution in [1.29, 1.82) is 0 Å². The van der Waals surface area contributed by atoms with Crippen molar-refractivity contribution in [3.63, 3.8) is 0 Å². The number of benzene rings is 1. The third-order valence-electron chi connectivity index (χ3n) is 6.23. The maximum atomic E-state index is 14.6. The summed E-state index contributed by atoms with van der Waals surface area (Å²) in [5.41, 5.74) is 3.82. The van der Waals surface area contributed by atoms with Gasteiger partial charge >= 0.3 is 0 Å². The first-order chi connectivity index (χ1) is 14.0. The van der Waals surface area contributed by atoms with Gasteiger partial charge in [-0.1, -0.05) is 19.3 Å². The van der Waals surface area contributed by atoms with E-state index in [9.17, 15) is 9.18 Å². The van der Waals surface area contributed by atoms with Gasteiger partial charge in [-0.2, -0.15) is 0 Å². The summed E-state index contributed by atoms with van der Waals surface area (Å²) in [4.78, 5) is 14.9.